The van der Waals surface area contributed by atoms with Gasteiger partial charge in [-0.1, -0.05) is 43.1 Å². The Kier molecular flexibility index (Phi) is 7.10. The van der Waals surface area contributed by atoms with Crippen molar-refractivity contribution in [1.82, 2.24) is 14.5 Å². The van der Waals surface area contributed by atoms with E-state index in [4.69, 9.17) is 31.2 Å². The van der Waals surface area contributed by atoms with Crippen molar-refractivity contribution in [2.75, 3.05) is 13.1 Å². The molecule has 0 bridgehead atoms. The average molecular weight is 533 g/mol. The number of fused-ring (bicyclic) bond motifs is 3. The Bertz CT molecular complexity index is 1650. The number of nitrogens with two attached hydrogens (primary N) is 1. The summed E-state index contributed by atoms with van der Waals surface area (Å²) in [6.07, 6.45) is 1.55. The van der Waals surface area contributed by atoms with Gasteiger partial charge in [0.25, 0.3) is 11.5 Å². The Balaban J connectivity index is 1.76. The lowest BCUT2D eigenvalue weighted by Crippen LogP contribution is -2.43. The zero-order valence-corrected chi connectivity index (χ0v) is 22.2. The van der Waals surface area contributed by atoms with Gasteiger partial charge in [0.2, 0.25) is 5.58 Å². The van der Waals surface area contributed by atoms with E-state index >= 15 is 0 Å². The zero-order chi connectivity index (χ0) is 27.0. The Morgan fingerprint density at radius 2 is 1.92 bits per heavy atom. The highest BCUT2D eigenvalue weighted by atomic mass is 35.5. The molecular formula is C29H29ClN4O4. The third kappa shape index (κ3) is 4.73. The topological polar surface area (TPSA) is 108 Å². The van der Waals surface area contributed by atoms with Crippen LogP contribution in [0.25, 0.3) is 22.1 Å². The molecule has 2 N–H and O–H groups in total. The molecule has 0 aliphatic rings. The van der Waals surface area contributed by atoms with Crippen LogP contribution >= 0.6 is 11.6 Å². The van der Waals surface area contributed by atoms with E-state index in [1.165, 1.54) is 4.57 Å². The lowest BCUT2D eigenvalue weighted by molar-refractivity contribution is 0.0612. The summed E-state index contributed by atoms with van der Waals surface area (Å²) in [5, 5.41) is 1.14. The molecule has 8 nitrogen and oxygen atoms in total. The van der Waals surface area contributed by atoms with E-state index in [1.807, 2.05) is 32.9 Å². The molecule has 0 aliphatic carbocycles. The van der Waals surface area contributed by atoms with Crippen molar-refractivity contribution in [2.24, 2.45) is 11.7 Å². The van der Waals surface area contributed by atoms with Crippen LogP contribution in [0.5, 0.6) is 0 Å². The van der Waals surface area contributed by atoms with Gasteiger partial charge in [0.05, 0.1) is 18.8 Å². The minimum absolute atomic E-state index is 0.107. The lowest BCUT2D eigenvalue weighted by atomic mass is 9.99. The van der Waals surface area contributed by atoms with E-state index in [0.717, 1.165) is 5.56 Å². The average Bonchev–Trinajstić information content (AvgIpc) is 3.53. The van der Waals surface area contributed by atoms with E-state index in [0.29, 0.717) is 38.7 Å². The monoisotopic (exact) mass is 532 g/mol. The number of amides is 1. The molecule has 0 fully saturated rings. The summed E-state index contributed by atoms with van der Waals surface area (Å²) in [6, 6.07) is 15.5. The molecule has 0 saturated carbocycles. The molecule has 5 rings (SSSR count). The number of carbonyl (C=O) groups excluding carboxylic acids is 1. The molecule has 2 aromatic carbocycles. The normalized spacial score (nSPS) is 12.5. The fourth-order valence-corrected chi connectivity index (χ4v) is 4.99. The SMILES string of the molecule is Cc1ccc(C(=O)N(CCN)C(c2nc3c(oc4ccc(Cl)cc43)c(=O)n2Cc2ccco2)C(C)C)cc1. The van der Waals surface area contributed by atoms with Crippen molar-refractivity contribution in [3.8, 4) is 0 Å². The molecule has 0 saturated heterocycles. The quantitative estimate of drug-likeness (QED) is 0.281. The maximum Gasteiger partial charge on any atom is 0.297 e. The Hall–Kier alpha value is -3.88. The summed E-state index contributed by atoms with van der Waals surface area (Å²) in [7, 11) is 0. The standard InChI is InChI=1S/C29H29ClN4O4/c1-17(2)25(33(13-12-31)28(35)19-8-6-18(3)7-9-19)27-32-24-22-15-20(30)10-11-23(22)38-26(24)29(36)34(27)16-21-5-4-14-37-21/h4-11,14-15,17,25H,12-13,16,31H2,1-3H3. The van der Waals surface area contributed by atoms with Gasteiger partial charge >= 0.3 is 0 Å². The summed E-state index contributed by atoms with van der Waals surface area (Å²) in [5.41, 5.74) is 8.25. The number of hydrogen-bond donors (Lipinski definition) is 1. The van der Waals surface area contributed by atoms with Crippen molar-refractivity contribution in [2.45, 2.75) is 33.4 Å². The molecule has 3 heterocycles. The molecular weight excluding hydrogens is 504 g/mol. The van der Waals surface area contributed by atoms with E-state index in [2.05, 4.69) is 0 Å². The maximum absolute atomic E-state index is 13.9. The minimum Gasteiger partial charge on any atom is -0.467 e. The van der Waals surface area contributed by atoms with Gasteiger partial charge in [-0.25, -0.2) is 4.98 Å². The van der Waals surface area contributed by atoms with Crippen LogP contribution in [0.15, 0.2) is 74.5 Å². The molecule has 3 aromatic heterocycles. The Morgan fingerprint density at radius 3 is 2.58 bits per heavy atom. The molecule has 1 unspecified atom stereocenters. The first kappa shape index (κ1) is 25.8. The first-order valence-electron chi connectivity index (χ1n) is 12.5. The fourth-order valence-electron chi connectivity index (χ4n) is 4.82. The molecule has 5 aromatic rings. The van der Waals surface area contributed by atoms with Crippen LogP contribution in [0.4, 0.5) is 0 Å². The van der Waals surface area contributed by atoms with Crippen LogP contribution in [-0.4, -0.2) is 33.4 Å². The van der Waals surface area contributed by atoms with Crippen molar-refractivity contribution >= 4 is 39.6 Å². The molecule has 0 spiro atoms. The first-order valence-corrected chi connectivity index (χ1v) is 12.9. The van der Waals surface area contributed by atoms with Gasteiger partial charge in [-0.05, 0) is 55.3 Å². The molecule has 0 radical (unpaired) electrons. The van der Waals surface area contributed by atoms with Crippen LogP contribution in [0.1, 0.15) is 47.4 Å². The number of aromatic nitrogens is 2. The largest absolute Gasteiger partial charge is 0.467 e. The van der Waals surface area contributed by atoms with Crippen molar-refractivity contribution in [3.63, 3.8) is 0 Å². The van der Waals surface area contributed by atoms with E-state index in [1.54, 1.807) is 53.6 Å². The van der Waals surface area contributed by atoms with Crippen LogP contribution in [0.2, 0.25) is 5.02 Å². The van der Waals surface area contributed by atoms with Crippen LogP contribution in [0.3, 0.4) is 0 Å². The number of hydrogen-bond acceptors (Lipinski definition) is 6. The second-order valence-electron chi connectivity index (χ2n) is 9.70. The van der Waals surface area contributed by atoms with Gasteiger partial charge in [0.15, 0.2) is 0 Å². The fraction of sp³-hybridized carbons (Fsp3) is 0.276. The number of benzene rings is 2. The second-order valence-corrected chi connectivity index (χ2v) is 10.1. The van der Waals surface area contributed by atoms with Gasteiger partial charge in [-0.3, -0.25) is 14.2 Å². The van der Waals surface area contributed by atoms with Gasteiger partial charge in [0, 0.05) is 29.1 Å². The summed E-state index contributed by atoms with van der Waals surface area (Å²) in [6.45, 7) is 6.61. The minimum atomic E-state index is -0.566. The summed E-state index contributed by atoms with van der Waals surface area (Å²) in [4.78, 5) is 34.5. The lowest BCUT2D eigenvalue weighted by Gasteiger charge is -2.35. The van der Waals surface area contributed by atoms with Crippen molar-refractivity contribution in [3.05, 3.63) is 98.9 Å². The predicted octanol–water partition coefficient (Wildman–Crippen LogP) is 5.54. The number of carbonyl (C=O) groups is 1. The van der Waals surface area contributed by atoms with E-state index in [-0.39, 0.29) is 42.6 Å². The van der Waals surface area contributed by atoms with E-state index < -0.39 is 6.04 Å². The van der Waals surface area contributed by atoms with Crippen LogP contribution in [-0.2, 0) is 6.54 Å². The van der Waals surface area contributed by atoms with Crippen molar-refractivity contribution < 1.29 is 13.6 Å². The van der Waals surface area contributed by atoms with Crippen LogP contribution in [0, 0.1) is 12.8 Å². The molecule has 1 amide bonds. The highest BCUT2D eigenvalue weighted by Crippen LogP contribution is 2.33. The summed E-state index contributed by atoms with van der Waals surface area (Å²) < 4.78 is 13.0. The zero-order valence-electron chi connectivity index (χ0n) is 21.5. The number of aryl methyl sites for hydroxylation is 1. The molecule has 9 heteroatoms. The highest BCUT2D eigenvalue weighted by molar-refractivity contribution is 6.31. The molecule has 1 atom stereocenters. The maximum atomic E-state index is 13.9. The van der Waals surface area contributed by atoms with Crippen molar-refractivity contribution in [1.29, 1.82) is 0 Å². The number of furan rings is 2. The highest BCUT2D eigenvalue weighted by Gasteiger charge is 2.33. The Morgan fingerprint density at radius 1 is 1.16 bits per heavy atom. The predicted molar refractivity (Wildman–Crippen MR) is 147 cm³/mol. The number of nitrogens with zero attached hydrogens (tertiary/aromatic N) is 3. The van der Waals surface area contributed by atoms with Crippen LogP contribution < -0.4 is 11.3 Å². The summed E-state index contributed by atoms with van der Waals surface area (Å²) >= 11 is 6.27. The van der Waals surface area contributed by atoms with Gasteiger partial charge in [-0.2, -0.15) is 0 Å². The molecule has 196 valence electrons. The molecule has 0 aliphatic heterocycles. The number of rotatable bonds is 8. The number of halogens is 1. The van der Waals surface area contributed by atoms with E-state index in [9.17, 15) is 9.59 Å². The summed E-state index contributed by atoms with van der Waals surface area (Å²) in [5.74, 6) is 0.704. The van der Waals surface area contributed by atoms with Gasteiger partial charge in [0.1, 0.15) is 22.7 Å². The third-order valence-electron chi connectivity index (χ3n) is 6.62. The molecule has 38 heavy (non-hydrogen) atoms. The van der Waals surface area contributed by atoms with Gasteiger partial charge in [-0.15, -0.1) is 0 Å². The third-order valence-corrected chi connectivity index (χ3v) is 6.86. The smallest absolute Gasteiger partial charge is 0.297 e. The second kappa shape index (κ2) is 10.5. The van der Waals surface area contributed by atoms with Gasteiger partial charge < -0.3 is 19.5 Å². The first-order chi connectivity index (χ1) is 18.3. The Labute approximate surface area is 224 Å².